The molecule has 3 heteroatoms. The Morgan fingerprint density at radius 3 is 2.59 bits per heavy atom. The number of nitrogens with zero attached hydrogens (tertiary/aromatic N) is 1. The number of aliphatic imine (C=N–C) groups is 1. The third-order valence-corrected chi connectivity index (χ3v) is 3.45. The van der Waals surface area contributed by atoms with Crippen LogP contribution in [0.1, 0.15) is 31.2 Å². The van der Waals surface area contributed by atoms with Gasteiger partial charge in [-0.05, 0) is 30.5 Å². The number of phenols is 1. The predicted octanol–water partition coefficient (Wildman–Crippen LogP) is 2.47. The first-order valence-electron chi connectivity index (χ1n) is 5.95. The molecule has 0 radical (unpaired) electrons. The fourth-order valence-electron chi connectivity index (χ4n) is 2.55. The standard InChI is InChI=1S/C14H17NO2/c1-15-10-14(9-3-2-4-13(14)17)11-5-7-12(16)8-6-11/h5-8,10,16H,2-4,9H2,1H3/t14-/m0/s1. The van der Waals surface area contributed by atoms with E-state index < -0.39 is 5.41 Å². The maximum absolute atomic E-state index is 12.2. The Kier molecular flexibility index (Phi) is 3.27. The van der Waals surface area contributed by atoms with E-state index in [-0.39, 0.29) is 11.5 Å². The van der Waals surface area contributed by atoms with Gasteiger partial charge in [-0.1, -0.05) is 18.6 Å². The molecule has 1 saturated carbocycles. The van der Waals surface area contributed by atoms with Gasteiger partial charge >= 0.3 is 0 Å². The Balaban J connectivity index is 2.46. The summed E-state index contributed by atoms with van der Waals surface area (Å²) in [5.41, 5.74) is 0.367. The second-order valence-corrected chi connectivity index (χ2v) is 4.54. The van der Waals surface area contributed by atoms with E-state index in [1.54, 1.807) is 25.4 Å². The summed E-state index contributed by atoms with van der Waals surface area (Å²) in [5, 5.41) is 9.32. The molecule has 1 aliphatic carbocycles. The van der Waals surface area contributed by atoms with Gasteiger partial charge in [0, 0.05) is 19.7 Å². The number of aromatic hydroxyl groups is 1. The second kappa shape index (κ2) is 4.70. The van der Waals surface area contributed by atoms with Gasteiger partial charge in [0.05, 0.1) is 5.41 Å². The summed E-state index contributed by atoms with van der Waals surface area (Å²) in [5.74, 6) is 0.459. The van der Waals surface area contributed by atoms with E-state index in [0.29, 0.717) is 6.42 Å². The molecule has 0 unspecified atom stereocenters. The van der Waals surface area contributed by atoms with Crippen molar-refractivity contribution in [2.75, 3.05) is 7.05 Å². The summed E-state index contributed by atoms with van der Waals surface area (Å²) >= 11 is 0. The Labute approximate surface area is 101 Å². The monoisotopic (exact) mass is 231 g/mol. The molecule has 1 aliphatic rings. The van der Waals surface area contributed by atoms with E-state index >= 15 is 0 Å². The van der Waals surface area contributed by atoms with Gasteiger partial charge in [-0.25, -0.2) is 0 Å². The SMILES string of the molecule is CN=C[C@]1(c2ccc(O)cc2)CCCCC1=O. The molecule has 3 nitrogen and oxygen atoms in total. The Morgan fingerprint density at radius 2 is 2.00 bits per heavy atom. The molecular formula is C14H17NO2. The van der Waals surface area contributed by atoms with Crippen molar-refractivity contribution < 1.29 is 9.90 Å². The minimum atomic E-state index is -0.569. The van der Waals surface area contributed by atoms with Crippen molar-refractivity contribution in [3.05, 3.63) is 29.8 Å². The Morgan fingerprint density at radius 1 is 1.29 bits per heavy atom. The average molecular weight is 231 g/mol. The molecule has 0 aromatic heterocycles. The van der Waals surface area contributed by atoms with E-state index in [4.69, 9.17) is 0 Å². The van der Waals surface area contributed by atoms with E-state index in [1.807, 2.05) is 12.1 Å². The van der Waals surface area contributed by atoms with E-state index in [1.165, 1.54) is 0 Å². The van der Waals surface area contributed by atoms with Crippen molar-refractivity contribution in [1.29, 1.82) is 0 Å². The molecule has 0 heterocycles. The van der Waals surface area contributed by atoms with Crippen LogP contribution in [-0.2, 0) is 10.2 Å². The maximum Gasteiger partial charge on any atom is 0.148 e. The third kappa shape index (κ3) is 2.09. The molecule has 90 valence electrons. The average Bonchev–Trinajstić information content (AvgIpc) is 2.33. The molecular weight excluding hydrogens is 214 g/mol. The number of hydrogen-bond donors (Lipinski definition) is 1. The first kappa shape index (κ1) is 11.8. The number of hydrogen-bond acceptors (Lipinski definition) is 3. The number of carbonyl (C=O) groups is 1. The number of benzene rings is 1. The van der Waals surface area contributed by atoms with Crippen molar-refractivity contribution in [2.24, 2.45) is 4.99 Å². The number of Topliss-reactive ketones (excluding diaryl/α,β-unsaturated/α-hetero) is 1. The highest BCUT2D eigenvalue weighted by Gasteiger charge is 2.39. The summed E-state index contributed by atoms with van der Waals surface area (Å²) in [6, 6.07) is 6.89. The summed E-state index contributed by atoms with van der Waals surface area (Å²) in [6.45, 7) is 0. The Bertz CT molecular complexity index is 436. The molecule has 1 aromatic carbocycles. The lowest BCUT2D eigenvalue weighted by Gasteiger charge is -2.32. The summed E-state index contributed by atoms with van der Waals surface area (Å²) < 4.78 is 0. The van der Waals surface area contributed by atoms with Gasteiger partial charge in [0.25, 0.3) is 0 Å². The quantitative estimate of drug-likeness (QED) is 0.795. The normalized spacial score (nSPS) is 25.4. The van der Waals surface area contributed by atoms with Crippen LogP contribution in [0.5, 0.6) is 5.75 Å². The second-order valence-electron chi connectivity index (χ2n) is 4.54. The highest BCUT2D eigenvalue weighted by molar-refractivity contribution is 6.06. The number of phenolic OH excluding ortho intramolecular Hbond substituents is 1. The van der Waals surface area contributed by atoms with Gasteiger partial charge < -0.3 is 5.11 Å². The van der Waals surface area contributed by atoms with Crippen molar-refractivity contribution >= 4 is 12.0 Å². The summed E-state index contributed by atoms with van der Waals surface area (Å²) in [6.07, 6.45) is 5.20. The summed E-state index contributed by atoms with van der Waals surface area (Å²) in [7, 11) is 1.70. The fraction of sp³-hybridized carbons (Fsp3) is 0.429. The van der Waals surface area contributed by atoms with Crippen molar-refractivity contribution in [3.63, 3.8) is 0 Å². The van der Waals surface area contributed by atoms with Crippen LogP contribution in [-0.4, -0.2) is 24.2 Å². The molecule has 17 heavy (non-hydrogen) atoms. The van der Waals surface area contributed by atoms with Gasteiger partial charge in [-0.2, -0.15) is 0 Å². The molecule has 0 bridgehead atoms. The largest absolute Gasteiger partial charge is 0.508 e. The lowest BCUT2D eigenvalue weighted by atomic mass is 9.69. The first-order chi connectivity index (χ1) is 8.19. The lowest BCUT2D eigenvalue weighted by molar-refractivity contribution is -0.123. The van der Waals surface area contributed by atoms with E-state index in [2.05, 4.69) is 4.99 Å². The van der Waals surface area contributed by atoms with E-state index in [9.17, 15) is 9.90 Å². The van der Waals surface area contributed by atoms with Crippen molar-refractivity contribution in [3.8, 4) is 5.75 Å². The zero-order chi connectivity index (χ0) is 12.3. The predicted molar refractivity (Wildman–Crippen MR) is 67.7 cm³/mol. The summed E-state index contributed by atoms with van der Waals surface area (Å²) in [4.78, 5) is 16.3. The molecule has 1 fully saturated rings. The number of carbonyl (C=O) groups excluding carboxylic acids is 1. The molecule has 0 aliphatic heterocycles. The highest BCUT2D eigenvalue weighted by Crippen LogP contribution is 2.36. The minimum absolute atomic E-state index is 0.223. The van der Waals surface area contributed by atoms with Crippen LogP contribution >= 0.6 is 0 Å². The van der Waals surface area contributed by atoms with Crippen LogP contribution in [0.15, 0.2) is 29.3 Å². The minimum Gasteiger partial charge on any atom is -0.508 e. The van der Waals surface area contributed by atoms with Crippen LogP contribution < -0.4 is 0 Å². The zero-order valence-corrected chi connectivity index (χ0v) is 10.0. The molecule has 1 N–H and O–H groups in total. The lowest BCUT2D eigenvalue weighted by Crippen LogP contribution is -2.40. The zero-order valence-electron chi connectivity index (χ0n) is 10.0. The molecule has 1 aromatic rings. The van der Waals surface area contributed by atoms with Crippen LogP contribution in [0.25, 0.3) is 0 Å². The van der Waals surface area contributed by atoms with Crippen LogP contribution in [0.4, 0.5) is 0 Å². The molecule has 0 amide bonds. The van der Waals surface area contributed by atoms with Crippen molar-refractivity contribution in [2.45, 2.75) is 31.1 Å². The Hall–Kier alpha value is -1.64. The third-order valence-electron chi connectivity index (χ3n) is 3.45. The molecule has 2 rings (SSSR count). The van der Waals surface area contributed by atoms with Gasteiger partial charge in [-0.15, -0.1) is 0 Å². The van der Waals surface area contributed by atoms with Crippen LogP contribution in [0.2, 0.25) is 0 Å². The molecule has 1 atom stereocenters. The number of rotatable bonds is 2. The molecule has 0 spiro atoms. The number of ketones is 1. The highest BCUT2D eigenvalue weighted by atomic mass is 16.3. The van der Waals surface area contributed by atoms with Gasteiger partial charge in [0.2, 0.25) is 0 Å². The smallest absolute Gasteiger partial charge is 0.148 e. The van der Waals surface area contributed by atoms with Crippen LogP contribution in [0.3, 0.4) is 0 Å². The fourth-order valence-corrected chi connectivity index (χ4v) is 2.55. The van der Waals surface area contributed by atoms with Gasteiger partial charge in [0.15, 0.2) is 0 Å². The van der Waals surface area contributed by atoms with Crippen molar-refractivity contribution in [1.82, 2.24) is 0 Å². The van der Waals surface area contributed by atoms with Gasteiger partial charge in [0.1, 0.15) is 11.5 Å². The topological polar surface area (TPSA) is 49.7 Å². The first-order valence-corrected chi connectivity index (χ1v) is 5.95. The van der Waals surface area contributed by atoms with E-state index in [0.717, 1.165) is 24.8 Å². The molecule has 0 saturated heterocycles. The van der Waals surface area contributed by atoms with Gasteiger partial charge in [-0.3, -0.25) is 9.79 Å². The maximum atomic E-state index is 12.2. The van der Waals surface area contributed by atoms with Crippen LogP contribution in [0, 0.1) is 0 Å².